The lowest BCUT2D eigenvalue weighted by molar-refractivity contribution is -0.137. The van der Waals surface area contributed by atoms with E-state index in [0.717, 1.165) is 23.4 Å². The van der Waals surface area contributed by atoms with Gasteiger partial charge in [-0.3, -0.25) is 0 Å². The number of hydrogen-bond acceptors (Lipinski definition) is 2. The maximum Gasteiger partial charge on any atom is 0.416 e. The standard InChI is InChI=1S/C15H15F3N2S/c1-8(2)12-9(3)19-13(20-14(12)21)10-5-4-6-11(7-10)15(16,17)18/h4-8H,1-3H3,(H,19,20,21). The molecule has 0 amide bonds. The first-order valence-corrected chi connectivity index (χ1v) is 6.89. The van der Waals surface area contributed by atoms with Gasteiger partial charge in [-0.2, -0.15) is 13.2 Å². The average Bonchev–Trinajstić information content (AvgIpc) is 2.36. The van der Waals surface area contributed by atoms with Crippen LogP contribution in [0.5, 0.6) is 0 Å². The Bertz CT molecular complexity index is 718. The summed E-state index contributed by atoms with van der Waals surface area (Å²) in [5, 5.41) is 0. The molecule has 2 nitrogen and oxygen atoms in total. The van der Waals surface area contributed by atoms with Crippen LogP contribution in [0.3, 0.4) is 0 Å². The van der Waals surface area contributed by atoms with Crippen LogP contribution in [0, 0.1) is 11.6 Å². The molecule has 0 unspecified atom stereocenters. The van der Waals surface area contributed by atoms with E-state index in [1.165, 1.54) is 6.07 Å². The molecular formula is C15H15F3N2S. The zero-order valence-electron chi connectivity index (χ0n) is 11.9. The van der Waals surface area contributed by atoms with Crippen molar-refractivity contribution in [3.63, 3.8) is 0 Å². The zero-order valence-corrected chi connectivity index (χ0v) is 12.7. The SMILES string of the molecule is Cc1[nH]c(-c2cccc(C(F)(F)F)c2)nc(=S)c1C(C)C. The molecule has 1 aromatic heterocycles. The minimum atomic E-state index is -4.38. The number of rotatable bonds is 2. The lowest BCUT2D eigenvalue weighted by atomic mass is 10.0. The Kier molecular flexibility index (Phi) is 4.18. The fraction of sp³-hybridized carbons (Fsp3) is 0.333. The Labute approximate surface area is 126 Å². The summed E-state index contributed by atoms with van der Waals surface area (Å²) < 4.78 is 38.7. The van der Waals surface area contributed by atoms with Gasteiger partial charge in [0.05, 0.1) is 5.56 Å². The van der Waals surface area contributed by atoms with E-state index in [0.29, 0.717) is 16.0 Å². The minimum absolute atomic E-state index is 0.205. The van der Waals surface area contributed by atoms with Crippen molar-refractivity contribution in [1.82, 2.24) is 9.97 Å². The number of halogens is 3. The van der Waals surface area contributed by atoms with Gasteiger partial charge < -0.3 is 4.98 Å². The van der Waals surface area contributed by atoms with Crippen LogP contribution in [0.2, 0.25) is 0 Å². The van der Waals surface area contributed by atoms with Crippen molar-refractivity contribution in [2.45, 2.75) is 32.9 Å². The summed E-state index contributed by atoms with van der Waals surface area (Å²) in [6.07, 6.45) is -4.38. The van der Waals surface area contributed by atoms with E-state index in [9.17, 15) is 13.2 Å². The van der Waals surface area contributed by atoms with Gasteiger partial charge in [0.15, 0.2) is 0 Å². The molecule has 0 atom stereocenters. The maximum atomic E-state index is 12.8. The third kappa shape index (κ3) is 3.32. The lowest BCUT2D eigenvalue weighted by Gasteiger charge is -2.13. The molecule has 2 aromatic rings. The number of aromatic nitrogens is 2. The monoisotopic (exact) mass is 312 g/mol. The van der Waals surface area contributed by atoms with Gasteiger partial charge in [-0.15, -0.1) is 0 Å². The third-order valence-electron chi connectivity index (χ3n) is 3.19. The molecule has 21 heavy (non-hydrogen) atoms. The van der Waals surface area contributed by atoms with Gasteiger partial charge >= 0.3 is 6.18 Å². The van der Waals surface area contributed by atoms with E-state index in [2.05, 4.69) is 9.97 Å². The molecule has 0 radical (unpaired) electrons. The molecule has 1 aromatic carbocycles. The summed E-state index contributed by atoms with van der Waals surface area (Å²) in [7, 11) is 0. The van der Waals surface area contributed by atoms with Gasteiger partial charge in [-0.1, -0.05) is 38.2 Å². The highest BCUT2D eigenvalue weighted by Crippen LogP contribution is 2.31. The smallest absolute Gasteiger partial charge is 0.343 e. The predicted octanol–water partition coefficient (Wildman–Crippen LogP) is 5.26. The van der Waals surface area contributed by atoms with E-state index < -0.39 is 11.7 Å². The first-order valence-electron chi connectivity index (χ1n) is 6.48. The van der Waals surface area contributed by atoms with Crippen LogP contribution in [-0.4, -0.2) is 9.97 Å². The Morgan fingerprint density at radius 2 is 1.90 bits per heavy atom. The van der Waals surface area contributed by atoms with Crippen LogP contribution in [0.15, 0.2) is 24.3 Å². The number of hydrogen-bond donors (Lipinski definition) is 1. The van der Waals surface area contributed by atoms with Gasteiger partial charge in [0.2, 0.25) is 0 Å². The Balaban J connectivity index is 2.56. The van der Waals surface area contributed by atoms with E-state index in [1.807, 2.05) is 20.8 Å². The lowest BCUT2D eigenvalue weighted by Crippen LogP contribution is -2.06. The van der Waals surface area contributed by atoms with Gasteiger partial charge in [-0.05, 0) is 25.0 Å². The molecule has 0 spiro atoms. The van der Waals surface area contributed by atoms with Crippen LogP contribution in [-0.2, 0) is 6.18 Å². The average molecular weight is 312 g/mol. The van der Waals surface area contributed by atoms with Crippen LogP contribution in [0.4, 0.5) is 13.2 Å². The third-order valence-corrected chi connectivity index (χ3v) is 3.51. The first kappa shape index (κ1) is 15.7. The molecule has 0 aliphatic rings. The molecule has 0 aliphatic carbocycles. The molecule has 2 rings (SSSR count). The molecule has 0 aliphatic heterocycles. The highest BCUT2D eigenvalue weighted by atomic mass is 32.1. The maximum absolute atomic E-state index is 12.8. The highest BCUT2D eigenvalue weighted by molar-refractivity contribution is 7.71. The minimum Gasteiger partial charge on any atom is -0.343 e. The highest BCUT2D eigenvalue weighted by Gasteiger charge is 2.30. The van der Waals surface area contributed by atoms with Crippen molar-refractivity contribution in [1.29, 1.82) is 0 Å². The van der Waals surface area contributed by atoms with Crippen molar-refractivity contribution in [2.24, 2.45) is 0 Å². The second-order valence-corrected chi connectivity index (χ2v) is 5.55. The van der Waals surface area contributed by atoms with Gasteiger partial charge in [-0.25, -0.2) is 4.98 Å². The van der Waals surface area contributed by atoms with Crippen LogP contribution >= 0.6 is 12.2 Å². The van der Waals surface area contributed by atoms with Gasteiger partial charge in [0, 0.05) is 16.8 Å². The summed E-state index contributed by atoms with van der Waals surface area (Å²) in [6.45, 7) is 5.85. The number of nitrogens with one attached hydrogen (secondary N) is 1. The molecule has 0 fully saturated rings. The van der Waals surface area contributed by atoms with Gasteiger partial charge in [0.25, 0.3) is 0 Å². The summed E-state index contributed by atoms with van der Waals surface area (Å²) in [5.41, 5.74) is 1.42. The second-order valence-electron chi connectivity index (χ2n) is 5.16. The molecule has 6 heteroatoms. The molecule has 112 valence electrons. The zero-order chi connectivity index (χ0) is 15.8. The first-order chi connectivity index (χ1) is 9.70. The molecule has 0 bridgehead atoms. The van der Waals surface area contributed by atoms with E-state index in [4.69, 9.17) is 12.2 Å². The largest absolute Gasteiger partial charge is 0.416 e. The van der Waals surface area contributed by atoms with Crippen molar-refractivity contribution >= 4 is 12.2 Å². The normalized spacial score (nSPS) is 12.0. The van der Waals surface area contributed by atoms with Gasteiger partial charge in [0.1, 0.15) is 10.5 Å². The quantitative estimate of drug-likeness (QED) is 0.767. The molecule has 0 saturated carbocycles. The Morgan fingerprint density at radius 1 is 1.24 bits per heavy atom. The number of aryl methyl sites for hydroxylation is 1. The summed E-state index contributed by atoms with van der Waals surface area (Å²) >= 11 is 5.26. The van der Waals surface area contributed by atoms with Crippen LogP contribution in [0.25, 0.3) is 11.4 Å². The molecule has 0 saturated heterocycles. The van der Waals surface area contributed by atoms with E-state index in [1.54, 1.807) is 6.07 Å². The van der Waals surface area contributed by atoms with E-state index >= 15 is 0 Å². The number of H-pyrrole nitrogens is 1. The number of benzene rings is 1. The molecule has 1 heterocycles. The number of nitrogens with zero attached hydrogens (tertiary/aromatic N) is 1. The molecule has 1 N–H and O–H groups in total. The second kappa shape index (κ2) is 5.60. The Morgan fingerprint density at radius 3 is 2.43 bits per heavy atom. The number of aromatic amines is 1. The predicted molar refractivity (Wildman–Crippen MR) is 78.7 cm³/mol. The summed E-state index contributed by atoms with van der Waals surface area (Å²) in [5.74, 6) is 0.560. The summed E-state index contributed by atoms with van der Waals surface area (Å²) in [6, 6.07) is 5.05. The number of alkyl halides is 3. The van der Waals surface area contributed by atoms with Crippen LogP contribution < -0.4 is 0 Å². The van der Waals surface area contributed by atoms with Crippen molar-refractivity contribution in [2.75, 3.05) is 0 Å². The van der Waals surface area contributed by atoms with Crippen LogP contribution in [0.1, 0.15) is 36.6 Å². The molecular weight excluding hydrogens is 297 g/mol. The van der Waals surface area contributed by atoms with Crippen molar-refractivity contribution in [3.8, 4) is 11.4 Å². The fourth-order valence-corrected chi connectivity index (χ4v) is 2.73. The summed E-state index contributed by atoms with van der Waals surface area (Å²) in [4.78, 5) is 7.29. The van der Waals surface area contributed by atoms with Crippen molar-refractivity contribution < 1.29 is 13.2 Å². The Hall–Kier alpha value is -1.69. The fourth-order valence-electron chi connectivity index (χ4n) is 2.25. The topological polar surface area (TPSA) is 28.7 Å². The van der Waals surface area contributed by atoms with E-state index in [-0.39, 0.29) is 5.92 Å². The van der Waals surface area contributed by atoms with Crippen molar-refractivity contribution in [3.05, 3.63) is 45.7 Å².